The van der Waals surface area contributed by atoms with Crippen molar-refractivity contribution in [3.05, 3.63) is 70.2 Å². The minimum atomic E-state index is -0.0744. The van der Waals surface area contributed by atoms with Crippen LogP contribution in [0, 0.1) is 6.92 Å². The van der Waals surface area contributed by atoms with Crippen molar-refractivity contribution < 1.29 is 4.79 Å². The Morgan fingerprint density at radius 1 is 1.04 bits per heavy atom. The summed E-state index contributed by atoms with van der Waals surface area (Å²) in [7, 11) is 1.71. The molecule has 0 aromatic heterocycles. The maximum atomic E-state index is 12.1. The Labute approximate surface area is 176 Å². The first-order chi connectivity index (χ1) is 12.1. The number of nitrogens with one attached hydrogen (secondary N) is 3. The summed E-state index contributed by atoms with van der Waals surface area (Å²) >= 11 is 5.87. The maximum absolute atomic E-state index is 12.1. The van der Waals surface area contributed by atoms with E-state index in [1.54, 1.807) is 7.05 Å². The van der Waals surface area contributed by atoms with E-state index in [9.17, 15) is 4.79 Å². The quantitative estimate of drug-likeness (QED) is 0.254. The van der Waals surface area contributed by atoms with Crippen molar-refractivity contribution >= 4 is 47.4 Å². The van der Waals surface area contributed by atoms with Gasteiger partial charge in [0.25, 0.3) is 5.91 Å². The summed E-state index contributed by atoms with van der Waals surface area (Å²) in [5.41, 5.74) is 2.85. The van der Waals surface area contributed by atoms with Crippen molar-refractivity contribution in [2.45, 2.75) is 13.5 Å². The van der Waals surface area contributed by atoms with Crippen molar-refractivity contribution in [2.24, 2.45) is 4.99 Å². The van der Waals surface area contributed by atoms with E-state index in [1.807, 2.05) is 55.5 Å². The Morgan fingerprint density at radius 3 is 2.38 bits per heavy atom. The number of nitrogens with zero attached hydrogens (tertiary/aromatic N) is 1. The van der Waals surface area contributed by atoms with Gasteiger partial charge in [-0.25, -0.2) is 0 Å². The maximum Gasteiger partial charge on any atom is 0.251 e. The van der Waals surface area contributed by atoms with Gasteiger partial charge in [0.05, 0.1) is 0 Å². The number of carbonyl (C=O) groups is 1. The summed E-state index contributed by atoms with van der Waals surface area (Å²) in [6.07, 6.45) is 0. The zero-order valence-corrected chi connectivity index (χ0v) is 18.0. The summed E-state index contributed by atoms with van der Waals surface area (Å²) in [4.78, 5) is 16.2. The van der Waals surface area contributed by atoms with Crippen molar-refractivity contribution in [1.82, 2.24) is 16.0 Å². The van der Waals surface area contributed by atoms with Gasteiger partial charge >= 0.3 is 0 Å². The standard InChI is InChI=1S/C19H23ClN4O.HI/c1-14-4-3-5-16(12-14)18(25)22-10-11-23-19(21-2)24-13-15-6-8-17(20)9-7-15;/h3-9,12H,10-11,13H2,1-2H3,(H,22,25)(H2,21,23,24);1H. The van der Waals surface area contributed by atoms with E-state index in [0.717, 1.165) is 16.1 Å². The lowest BCUT2D eigenvalue weighted by atomic mass is 10.1. The van der Waals surface area contributed by atoms with Gasteiger partial charge in [0, 0.05) is 37.3 Å². The van der Waals surface area contributed by atoms with Crippen molar-refractivity contribution in [1.29, 1.82) is 0 Å². The van der Waals surface area contributed by atoms with E-state index in [0.29, 0.717) is 31.2 Å². The van der Waals surface area contributed by atoms with Crippen LogP contribution in [0.25, 0.3) is 0 Å². The molecule has 1 amide bonds. The van der Waals surface area contributed by atoms with E-state index < -0.39 is 0 Å². The van der Waals surface area contributed by atoms with Crippen LogP contribution < -0.4 is 16.0 Å². The second kappa shape index (κ2) is 11.7. The predicted octanol–water partition coefficient (Wildman–Crippen LogP) is 3.36. The lowest BCUT2D eigenvalue weighted by Crippen LogP contribution is -2.41. The van der Waals surface area contributed by atoms with E-state index in [4.69, 9.17) is 11.6 Å². The SMILES string of the molecule is CN=C(NCCNC(=O)c1cccc(C)c1)NCc1ccc(Cl)cc1.I. The van der Waals surface area contributed by atoms with Gasteiger partial charge in [-0.15, -0.1) is 24.0 Å². The van der Waals surface area contributed by atoms with Crippen LogP contribution in [0.4, 0.5) is 0 Å². The average Bonchev–Trinajstić information content (AvgIpc) is 2.62. The fourth-order valence-corrected chi connectivity index (χ4v) is 2.38. The average molecular weight is 487 g/mol. The first-order valence-electron chi connectivity index (χ1n) is 8.12. The molecule has 0 spiro atoms. The summed E-state index contributed by atoms with van der Waals surface area (Å²) in [5, 5.41) is 9.99. The third kappa shape index (κ3) is 7.61. The molecule has 0 saturated carbocycles. The molecular weight excluding hydrogens is 463 g/mol. The molecule has 0 fully saturated rings. The highest BCUT2D eigenvalue weighted by molar-refractivity contribution is 14.0. The number of benzene rings is 2. The molecule has 2 rings (SSSR count). The molecule has 7 heteroatoms. The fourth-order valence-electron chi connectivity index (χ4n) is 2.25. The van der Waals surface area contributed by atoms with Crippen molar-refractivity contribution in [2.75, 3.05) is 20.1 Å². The number of halogens is 2. The molecule has 2 aromatic rings. The molecule has 0 aliphatic rings. The Balaban J connectivity index is 0.00000338. The number of aliphatic imine (C=N–C) groups is 1. The molecule has 0 heterocycles. The lowest BCUT2D eigenvalue weighted by Gasteiger charge is -2.12. The minimum absolute atomic E-state index is 0. The van der Waals surface area contributed by atoms with Gasteiger partial charge in [-0.1, -0.05) is 41.4 Å². The monoisotopic (exact) mass is 486 g/mol. The number of carbonyl (C=O) groups excluding carboxylic acids is 1. The van der Waals surface area contributed by atoms with E-state index in [2.05, 4.69) is 20.9 Å². The molecule has 0 aliphatic heterocycles. The molecule has 0 atom stereocenters. The first kappa shape index (κ1) is 22.2. The Morgan fingerprint density at radius 2 is 1.73 bits per heavy atom. The predicted molar refractivity (Wildman–Crippen MR) is 119 cm³/mol. The molecule has 0 saturated heterocycles. The van der Waals surface area contributed by atoms with E-state index in [-0.39, 0.29) is 29.9 Å². The van der Waals surface area contributed by atoms with Gasteiger partial charge < -0.3 is 16.0 Å². The number of guanidine groups is 1. The molecule has 140 valence electrons. The van der Waals surface area contributed by atoms with E-state index in [1.165, 1.54) is 0 Å². The highest BCUT2D eigenvalue weighted by Gasteiger charge is 2.04. The Hall–Kier alpha value is -1.80. The highest BCUT2D eigenvalue weighted by Crippen LogP contribution is 2.09. The topological polar surface area (TPSA) is 65.5 Å². The van der Waals surface area contributed by atoms with Crippen LogP contribution in [0.15, 0.2) is 53.5 Å². The van der Waals surface area contributed by atoms with Crippen LogP contribution in [0.1, 0.15) is 21.5 Å². The van der Waals surface area contributed by atoms with Crippen molar-refractivity contribution in [3.8, 4) is 0 Å². The zero-order valence-electron chi connectivity index (χ0n) is 14.9. The molecule has 0 bridgehead atoms. The van der Waals surface area contributed by atoms with Gasteiger partial charge in [-0.2, -0.15) is 0 Å². The molecular formula is C19H24ClIN4O. The molecule has 0 unspecified atom stereocenters. The fraction of sp³-hybridized carbons (Fsp3) is 0.263. The second-order valence-electron chi connectivity index (χ2n) is 5.60. The third-order valence-corrected chi connectivity index (χ3v) is 3.83. The van der Waals surface area contributed by atoms with Gasteiger partial charge in [0.2, 0.25) is 0 Å². The second-order valence-corrected chi connectivity index (χ2v) is 6.04. The van der Waals surface area contributed by atoms with Crippen LogP contribution in [0.2, 0.25) is 5.02 Å². The molecule has 0 radical (unpaired) electrons. The number of amides is 1. The van der Waals surface area contributed by atoms with Gasteiger partial charge in [0.15, 0.2) is 5.96 Å². The highest BCUT2D eigenvalue weighted by atomic mass is 127. The molecule has 5 nitrogen and oxygen atoms in total. The van der Waals surface area contributed by atoms with Gasteiger partial charge in [-0.05, 0) is 36.8 Å². The summed E-state index contributed by atoms with van der Waals surface area (Å²) in [6, 6.07) is 15.2. The Bertz CT molecular complexity index is 735. The lowest BCUT2D eigenvalue weighted by molar-refractivity contribution is 0.0954. The first-order valence-corrected chi connectivity index (χ1v) is 8.50. The number of aryl methyl sites for hydroxylation is 1. The van der Waals surface area contributed by atoms with Crippen LogP contribution in [0.3, 0.4) is 0 Å². The zero-order chi connectivity index (χ0) is 18.1. The van der Waals surface area contributed by atoms with Crippen LogP contribution in [0.5, 0.6) is 0 Å². The van der Waals surface area contributed by atoms with E-state index >= 15 is 0 Å². The largest absolute Gasteiger partial charge is 0.355 e. The van der Waals surface area contributed by atoms with Gasteiger partial charge in [-0.3, -0.25) is 9.79 Å². The number of hydrogen-bond acceptors (Lipinski definition) is 2. The molecule has 0 aliphatic carbocycles. The summed E-state index contributed by atoms with van der Waals surface area (Å²) in [5.74, 6) is 0.606. The Kier molecular flexibility index (Phi) is 10.0. The minimum Gasteiger partial charge on any atom is -0.355 e. The molecule has 2 aromatic carbocycles. The number of rotatable bonds is 6. The third-order valence-electron chi connectivity index (χ3n) is 3.58. The van der Waals surface area contributed by atoms with Gasteiger partial charge in [0.1, 0.15) is 0 Å². The van der Waals surface area contributed by atoms with Crippen molar-refractivity contribution in [3.63, 3.8) is 0 Å². The molecule has 26 heavy (non-hydrogen) atoms. The summed E-state index contributed by atoms with van der Waals surface area (Å²) in [6.45, 7) is 3.70. The smallest absolute Gasteiger partial charge is 0.251 e. The van der Waals surface area contributed by atoms with Crippen LogP contribution in [-0.2, 0) is 6.54 Å². The summed E-state index contributed by atoms with van der Waals surface area (Å²) < 4.78 is 0. The van der Waals surface area contributed by atoms with Crippen LogP contribution >= 0.6 is 35.6 Å². The normalized spacial score (nSPS) is 10.7. The van der Waals surface area contributed by atoms with Crippen LogP contribution in [-0.4, -0.2) is 32.0 Å². The number of hydrogen-bond donors (Lipinski definition) is 3. The molecule has 3 N–H and O–H groups in total.